The summed E-state index contributed by atoms with van der Waals surface area (Å²) in [5.74, 6) is -0.323. The lowest BCUT2D eigenvalue weighted by Gasteiger charge is -1.95. The van der Waals surface area contributed by atoms with Crippen LogP contribution in [0.25, 0.3) is 11.2 Å². The molecule has 0 bridgehead atoms. The molecule has 0 atom stereocenters. The molecule has 0 spiro atoms. The van der Waals surface area contributed by atoms with Gasteiger partial charge in [-0.25, -0.2) is 14.8 Å². The van der Waals surface area contributed by atoms with Crippen molar-refractivity contribution in [2.24, 2.45) is 0 Å². The Balaban J connectivity index is 1.98. The third-order valence-electron chi connectivity index (χ3n) is 2.50. The molecule has 0 aliphatic heterocycles. The normalized spacial score (nSPS) is 10.9. The quantitative estimate of drug-likeness (QED) is 0.712. The number of carboxylic acid groups (broad SMARTS) is 1. The number of fused-ring (bicyclic) bond motifs is 1. The van der Waals surface area contributed by atoms with Crippen molar-refractivity contribution in [2.45, 2.75) is 6.54 Å². The van der Waals surface area contributed by atoms with Gasteiger partial charge in [0.2, 0.25) is 0 Å². The first-order chi connectivity index (χ1) is 8.72. The summed E-state index contributed by atoms with van der Waals surface area (Å²) in [5, 5.41) is 12.9. The second-order valence-electron chi connectivity index (χ2n) is 3.79. The molecule has 0 radical (unpaired) electrons. The SMILES string of the molecule is O=C(O)c1cnc2nc(Cn3cccn3)[nH]c2c1. The number of carbonyl (C=O) groups is 1. The molecule has 7 heteroatoms. The van der Waals surface area contributed by atoms with E-state index in [0.29, 0.717) is 23.5 Å². The van der Waals surface area contributed by atoms with Crippen molar-refractivity contribution in [2.75, 3.05) is 0 Å². The molecule has 90 valence electrons. The number of hydrogen-bond acceptors (Lipinski definition) is 4. The standard InChI is InChI=1S/C11H9N5O2/c17-11(18)7-4-8-10(12-5-7)15-9(14-8)6-16-3-1-2-13-16/h1-5H,6H2,(H,17,18)(H,12,14,15). The Morgan fingerprint density at radius 3 is 3.11 bits per heavy atom. The summed E-state index contributed by atoms with van der Waals surface area (Å²) in [5.41, 5.74) is 1.25. The molecule has 0 unspecified atom stereocenters. The maximum atomic E-state index is 10.8. The third-order valence-corrected chi connectivity index (χ3v) is 2.50. The average molecular weight is 243 g/mol. The summed E-state index contributed by atoms with van der Waals surface area (Å²) in [7, 11) is 0. The number of H-pyrrole nitrogens is 1. The summed E-state index contributed by atoms with van der Waals surface area (Å²) < 4.78 is 1.72. The minimum atomic E-state index is -1.01. The Morgan fingerprint density at radius 1 is 1.50 bits per heavy atom. The van der Waals surface area contributed by atoms with Gasteiger partial charge in [-0.3, -0.25) is 4.68 Å². The van der Waals surface area contributed by atoms with Gasteiger partial charge in [0.05, 0.1) is 17.6 Å². The molecule has 0 amide bonds. The number of nitrogens with one attached hydrogen (secondary N) is 1. The molecule has 18 heavy (non-hydrogen) atoms. The van der Waals surface area contributed by atoms with E-state index in [2.05, 4.69) is 20.1 Å². The molecular formula is C11H9N5O2. The summed E-state index contributed by atoms with van der Waals surface area (Å²) in [6, 6.07) is 3.34. The first-order valence-electron chi connectivity index (χ1n) is 5.28. The highest BCUT2D eigenvalue weighted by atomic mass is 16.4. The van der Waals surface area contributed by atoms with Gasteiger partial charge in [0.1, 0.15) is 5.82 Å². The zero-order valence-electron chi connectivity index (χ0n) is 9.24. The van der Waals surface area contributed by atoms with E-state index >= 15 is 0 Å². The molecule has 7 nitrogen and oxygen atoms in total. The molecule has 3 aromatic rings. The molecule has 3 heterocycles. The summed E-state index contributed by atoms with van der Waals surface area (Å²) in [6.07, 6.45) is 4.80. The lowest BCUT2D eigenvalue weighted by molar-refractivity contribution is 0.0696. The van der Waals surface area contributed by atoms with Crippen LogP contribution in [-0.4, -0.2) is 35.8 Å². The number of carboxylic acids is 1. The number of aromatic amines is 1. The molecule has 0 fully saturated rings. The van der Waals surface area contributed by atoms with Gasteiger partial charge in [-0.2, -0.15) is 5.10 Å². The van der Waals surface area contributed by atoms with Gasteiger partial charge in [0, 0.05) is 18.6 Å². The van der Waals surface area contributed by atoms with E-state index in [0.717, 1.165) is 0 Å². The van der Waals surface area contributed by atoms with Crippen LogP contribution in [0.4, 0.5) is 0 Å². The Labute approximate surface area is 101 Å². The lowest BCUT2D eigenvalue weighted by Crippen LogP contribution is -2.01. The van der Waals surface area contributed by atoms with Crippen molar-refractivity contribution >= 4 is 17.1 Å². The first kappa shape index (κ1) is 10.5. The minimum Gasteiger partial charge on any atom is -0.478 e. The number of aromatic nitrogens is 5. The van der Waals surface area contributed by atoms with Gasteiger partial charge in [-0.15, -0.1) is 0 Å². The Morgan fingerprint density at radius 2 is 2.39 bits per heavy atom. The van der Waals surface area contributed by atoms with Gasteiger partial charge < -0.3 is 10.1 Å². The van der Waals surface area contributed by atoms with Crippen molar-refractivity contribution in [1.82, 2.24) is 24.7 Å². The van der Waals surface area contributed by atoms with Gasteiger partial charge >= 0.3 is 5.97 Å². The fourth-order valence-corrected chi connectivity index (χ4v) is 1.69. The fraction of sp³-hybridized carbons (Fsp3) is 0.0909. The monoisotopic (exact) mass is 243 g/mol. The van der Waals surface area contributed by atoms with Gasteiger partial charge in [0.15, 0.2) is 5.65 Å². The number of pyridine rings is 1. The van der Waals surface area contributed by atoms with E-state index in [1.54, 1.807) is 10.9 Å². The van der Waals surface area contributed by atoms with Crippen LogP contribution in [-0.2, 0) is 6.54 Å². The zero-order valence-corrected chi connectivity index (χ0v) is 9.24. The van der Waals surface area contributed by atoms with E-state index in [1.165, 1.54) is 12.3 Å². The van der Waals surface area contributed by atoms with E-state index in [-0.39, 0.29) is 5.56 Å². The van der Waals surface area contributed by atoms with Crippen LogP contribution < -0.4 is 0 Å². The zero-order chi connectivity index (χ0) is 12.5. The molecular weight excluding hydrogens is 234 g/mol. The van der Waals surface area contributed by atoms with Gasteiger partial charge in [-0.05, 0) is 12.1 Å². The first-order valence-corrected chi connectivity index (χ1v) is 5.28. The van der Waals surface area contributed by atoms with Crippen molar-refractivity contribution in [1.29, 1.82) is 0 Å². The van der Waals surface area contributed by atoms with Crippen LogP contribution in [0.5, 0.6) is 0 Å². The highest BCUT2D eigenvalue weighted by Gasteiger charge is 2.09. The average Bonchev–Trinajstić information content (AvgIpc) is 2.96. The predicted molar refractivity (Wildman–Crippen MR) is 62.2 cm³/mol. The number of aromatic carboxylic acids is 1. The number of rotatable bonds is 3. The lowest BCUT2D eigenvalue weighted by atomic mass is 10.3. The van der Waals surface area contributed by atoms with Crippen LogP contribution in [0, 0.1) is 0 Å². The van der Waals surface area contributed by atoms with Crippen LogP contribution in [0.1, 0.15) is 16.2 Å². The van der Waals surface area contributed by atoms with Gasteiger partial charge in [-0.1, -0.05) is 0 Å². The molecule has 0 saturated carbocycles. The summed E-state index contributed by atoms with van der Waals surface area (Å²) in [4.78, 5) is 22.1. The Hall–Kier alpha value is -2.70. The van der Waals surface area contributed by atoms with Crippen molar-refractivity contribution in [3.8, 4) is 0 Å². The predicted octanol–water partition coefficient (Wildman–Crippen LogP) is 0.901. The molecule has 2 N–H and O–H groups in total. The Bertz CT molecular complexity index is 701. The van der Waals surface area contributed by atoms with Crippen LogP contribution in [0.15, 0.2) is 30.7 Å². The summed E-state index contributed by atoms with van der Waals surface area (Å²) >= 11 is 0. The second kappa shape index (κ2) is 3.95. The van der Waals surface area contributed by atoms with E-state index < -0.39 is 5.97 Å². The maximum absolute atomic E-state index is 10.8. The van der Waals surface area contributed by atoms with Crippen LogP contribution >= 0.6 is 0 Å². The molecule has 0 aliphatic rings. The van der Waals surface area contributed by atoms with Crippen molar-refractivity contribution in [3.63, 3.8) is 0 Å². The molecule has 3 rings (SSSR count). The second-order valence-corrected chi connectivity index (χ2v) is 3.79. The number of imidazole rings is 1. The molecule has 0 aromatic carbocycles. The maximum Gasteiger partial charge on any atom is 0.337 e. The van der Waals surface area contributed by atoms with E-state index in [1.807, 2.05) is 12.3 Å². The molecule has 0 aliphatic carbocycles. The minimum absolute atomic E-state index is 0.136. The third kappa shape index (κ3) is 1.81. The Kier molecular flexibility index (Phi) is 2.30. The van der Waals surface area contributed by atoms with Crippen molar-refractivity contribution < 1.29 is 9.90 Å². The molecule has 3 aromatic heterocycles. The van der Waals surface area contributed by atoms with E-state index in [4.69, 9.17) is 5.11 Å². The highest BCUT2D eigenvalue weighted by Crippen LogP contribution is 2.11. The summed E-state index contributed by atoms with van der Waals surface area (Å²) in [6.45, 7) is 0.492. The largest absolute Gasteiger partial charge is 0.478 e. The number of hydrogen-bond donors (Lipinski definition) is 2. The molecule has 0 saturated heterocycles. The van der Waals surface area contributed by atoms with E-state index in [9.17, 15) is 4.79 Å². The van der Waals surface area contributed by atoms with Crippen LogP contribution in [0.3, 0.4) is 0 Å². The van der Waals surface area contributed by atoms with Crippen LogP contribution in [0.2, 0.25) is 0 Å². The fourth-order valence-electron chi connectivity index (χ4n) is 1.69. The van der Waals surface area contributed by atoms with Gasteiger partial charge in [0.25, 0.3) is 0 Å². The topological polar surface area (TPSA) is 96.7 Å². The smallest absolute Gasteiger partial charge is 0.337 e. The highest BCUT2D eigenvalue weighted by molar-refractivity contribution is 5.90. The van der Waals surface area contributed by atoms with Crippen molar-refractivity contribution in [3.05, 3.63) is 42.1 Å². The number of nitrogens with zero attached hydrogens (tertiary/aromatic N) is 4.